The maximum atomic E-state index is 11.4. The van der Waals surface area contributed by atoms with Gasteiger partial charge in [-0.2, -0.15) is 0 Å². The molecule has 1 unspecified atom stereocenters. The summed E-state index contributed by atoms with van der Waals surface area (Å²) in [6.07, 6.45) is 1.99. The van der Waals surface area contributed by atoms with Crippen molar-refractivity contribution in [2.75, 3.05) is 6.54 Å². The summed E-state index contributed by atoms with van der Waals surface area (Å²) in [4.78, 5) is 11.4. The summed E-state index contributed by atoms with van der Waals surface area (Å²) in [5.41, 5.74) is 0.0484. The maximum absolute atomic E-state index is 11.4. The van der Waals surface area contributed by atoms with E-state index in [1.54, 1.807) is 0 Å². The zero-order chi connectivity index (χ0) is 11.2. The smallest absolute Gasteiger partial charge is 0.234 e. The van der Waals surface area contributed by atoms with Gasteiger partial charge in [0.15, 0.2) is 0 Å². The van der Waals surface area contributed by atoms with Crippen LogP contribution in [0.1, 0.15) is 47.5 Å². The fraction of sp³-hybridized carbons (Fsp3) is 0.909. The third-order valence-corrected chi connectivity index (χ3v) is 2.63. The Morgan fingerprint density at radius 3 is 2.36 bits per heavy atom. The van der Waals surface area contributed by atoms with Crippen LogP contribution in [0.3, 0.4) is 0 Å². The Labute approximate surface area is 87.6 Å². The minimum atomic E-state index is 0.0484. The van der Waals surface area contributed by atoms with Crippen molar-refractivity contribution in [1.82, 2.24) is 10.6 Å². The van der Waals surface area contributed by atoms with E-state index >= 15 is 0 Å². The van der Waals surface area contributed by atoms with Gasteiger partial charge < -0.3 is 10.6 Å². The number of hydrogen-bond acceptors (Lipinski definition) is 2. The van der Waals surface area contributed by atoms with E-state index in [1.165, 1.54) is 0 Å². The molecule has 14 heavy (non-hydrogen) atoms. The number of carbonyl (C=O) groups is 1. The van der Waals surface area contributed by atoms with E-state index in [9.17, 15) is 4.79 Å². The van der Waals surface area contributed by atoms with Crippen molar-refractivity contribution in [3.63, 3.8) is 0 Å². The van der Waals surface area contributed by atoms with Gasteiger partial charge in [-0.25, -0.2) is 0 Å². The number of hydrogen-bond donors (Lipinski definition) is 2. The molecule has 1 amide bonds. The molecule has 3 heteroatoms. The minimum Gasteiger partial charge on any atom is -0.353 e. The molecule has 1 atom stereocenters. The minimum absolute atomic E-state index is 0.0484. The van der Waals surface area contributed by atoms with Gasteiger partial charge in [0.05, 0.1) is 6.54 Å². The molecule has 0 aliphatic rings. The molecule has 0 aromatic heterocycles. The van der Waals surface area contributed by atoms with E-state index < -0.39 is 0 Å². The van der Waals surface area contributed by atoms with E-state index in [0.29, 0.717) is 6.54 Å². The third-order valence-electron chi connectivity index (χ3n) is 2.63. The first-order valence-electron chi connectivity index (χ1n) is 5.45. The Morgan fingerprint density at radius 2 is 1.93 bits per heavy atom. The predicted molar refractivity (Wildman–Crippen MR) is 60.3 cm³/mol. The predicted octanol–water partition coefficient (Wildman–Crippen LogP) is 1.68. The molecule has 0 aliphatic carbocycles. The second-order valence-electron chi connectivity index (χ2n) is 4.47. The maximum Gasteiger partial charge on any atom is 0.234 e. The third kappa shape index (κ3) is 5.97. The largest absolute Gasteiger partial charge is 0.353 e. The quantitative estimate of drug-likeness (QED) is 0.685. The number of nitrogens with one attached hydrogen (secondary N) is 2. The van der Waals surface area contributed by atoms with Gasteiger partial charge in [-0.3, -0.25) is 4.79 Å². The summed E-state index contributed by atoms with van der Waals surface area (Å²) in [6, 6.07) is 0.272. The van der Waals surface area contributed by atoms with Gasteiger partial charge in [0, 0.05) is 11.6 Å². The van der Waals surface area contributed by atoms with Crippen LogP contribution in [0.5, 0.6) is 0 Å². The first-order valence-corrected chi connectivity index (χ1v) is 5.45. The average Bonchev–Trinajstić information content (AvgIpc) is 2.15. The van der Waals surface area contributed by atoms with E-state index in [4.69, 9.17) is 0 Å². The molecule has 0 saturated carbocycles. The van der Waals surface area contributed by atoms with Gasteiger partial charge in [0.25, 0.3) is 0 Å². The molecule has 84 valence electrons. The number of carbonyl (C=O) groups excluding carboxylic acids is 1. The van der Waals surface area contributed by atoms with E-state index in [2.05, 4.69) is 38.3 Å². The van der Waals surface area contributed by atoms with Crippen molar-refractivity contribution in [3.8, 4) is 0 Å². The highest BCUT2D eigenvalue weighted by Crippen LogP contribution is 2.05. The molecule has 0 heterocycles. The summed E-state index contributed by atoms with van der Waals surface area (Å²) in [5.74, 6) is 0.0841. The summed E-state index contributed by atoms with van der Waals surface area (Å²) < 4.78 is 0. The lowest BCUT2D eigenvalue weighted by molar-refractivity contribution is -0.121. The Balaban J connectivity index is 3.74. The van der Waals surface area contributed by atoms with Gasteiger partial charge in [-0.1, -0.05) is 13.8 Å². The zero-order valence-corrected chi connectivity index (χ0v) is 10.1. The second-order valence-corrected chi connectivity index (χ2v) is 4.47. The normalized spacial score (nSPS) is 13.8. The summed E-state index contributed by atoms with van der Waals surface area (Å²) >= 11 is 0. The van der Waals surface area contributed by atoms with Gasteiger partial charge in [0.2, 0.25) is 5.91 Å². The van der Waals surface area contributed by atoms with Crippen molar-refractivity contribution in [2.24, 2.45) is 0 Å². The van der Waals surface area contributed by atoms with Crippen LogP contribution >= 0.6 is 0 Å². The monoisotopic (exact) mass is 200 g/mol. The summed E-state index contributed by atoms with van der Waals surface area (Å²) in [7, 11) is 0. The second kappa shape index (κ2) is 6.02. The van der Waals surface area contributed by atoms with Crippen LogP contribution in [0.25, 0.3) is 0 Å². The van der Waals surface area contributed by atoms with Crippen molar-refractivity contribution in [2.45, 2.75) is 59.0 Å². The van der Waals surface area contributed by atoms with Crippen molar-refractivity contribution >= 4 is 5.91 Å². The van der Waals surface area contributed by atoms with Crippen LogP contribution < -0.4 is 10.6 Å². The SMILES string of the molecule is CCC(C)NC(=O)CNC(C)(C)CC. The summed E-state index contributed by atoms with van der Waals surface area (Å²) in [5, 5.41) is 6.15. The van der Waals surface area contributed by atoms with Gasteiger partial charge in [0.1, 0.15) is 0 Å². The average molecular weight is 200 g/mol. The Hall–Kier alpha value is -0.570. The van der Waals surface area contributed by atoms with Crippen LogP contribution in [-0.4, -0.2) is 24.0 Å². The van der Waals surface area contributed by atoms with Crippen molar-refractivity contribution in [1.29, 1.82) is 0 Å². The molecule has 0 saturated heterocycles. The molecule has 0 fully saturated rings. The van der Waals surface area contributed by atoms with E-state index in [0.717, 1.165) is 12.8 Å². The highest BCUT2D eigenvalue weighted by atomic mass is 16.1. The van der Waals surface area contributed by atoms with Gasteiger partial charge in [-0.15, -0.1) is 0 Å². The van der Waals surface area contributed by atoms with Crippen LogP contribution in [0.15, 0.2) is 0 Å². The molecule has 0 spiro atoms. The van der Waals surface area contributed by atoms with Crippen molar-refractivity contribution in [3.05, 3.63) is 0 Å². The molecule has 0 aromatic rings. The summed E-state index contributed by atoms with van der Waals surface area (Å²) in [6.45, 7) is 10.8. The highest BCUT2D eigenvalue weighted by Gasteiger charge is 2.15. The molecule has 0 bridgehead atoms. The molecule has 0 aromatic carbocycles. The zero-order valence-electron chi connectivity index (χ0n) is 10.1. The Kier molecular flexibility index (Phi) is 5.77. The molecule has 0 rings (SSSR count). The molecule has 0 radical (unpaired) electrons. The molecule has 3 nitrogen and oxygen atoms in total. The molecule has 2 N–H and O–H groups in total. The van der Waals surface area contributed by atoms with E-state index in [-0.39, 0.29) is 17.5 Å². The lowest BCUT2D eigenvalue weighted by Gasteiger charge is -2.24. The van der Waals surface area contributed by atoms with Crippen LogP contribution in [0, 0.1) is 0 Å². The molecular weight excluding hydrogens is 176 g/mol. The van der Waals surface area contributed by atoms with Crippen LogP contribution in [0.4, 0.5) is 0 Å². The molecule has 0 aliphatic heterocycles. The standard InChI is InChI=1S/C11H24N2O/c1-6-9(3)13-10(14)8-12-11(4,5)7-2/h9,12H,6-8H2,1-5H3,(H,13,14). The lowest BCUT2D eigenvalue weighted by Crippen LogP contribution is -2.46. The molecular formula is C11H24N2O. The van der Waals surface area contributed by atoms with Crippen molar-refractivity contribution < 1.29 is 4.79 Å². The Morgan fingerprint density at radius 1 is 1.36 bits per heavy atom. The van der Waals surface area contributed by atoms with Gasteiger partial charge >= 0.3 is 0 Å². The fourth-order valence-corrected chi connectivity index (χ4v) is 0.872. The first kappa shape index (κ1) is 13.4. The Bertz CT molecular complexity index is 178. The van der Waals surface area contributed by atoms with Crippen LogP contribution in [-0.2, 0) is 4.79 Å². The number of rotatable bonds is 6. The topological polar surface area (TPSA) is 41.1 Å². The van der Waals surface area contributed by atoms with Gasteiger partial charge in [-0.05, 0) is 33.6 Å². The fourth-order valence-electron chi connectivity index (χ4n) is 0.872. The highest BCUT2D eigenvalue weighted by molar-refractivity contribution is 5.78. The lowest BCUT2D eigenvalue weighted by atomic mass is 10.0. The van der Waals surface area contributed by atoms with Crippen LogP contribution in [0.2, 0.25) is 0 Å². The first-order chi connectivity index (χ1) is 6.41. The number of amides is 1. The van der Waals surface area contributed by atoms with E-state index in [1.807, 2.05) is 6.92 Å².